The molecule has 1 heterocycles. The van der Waals surface area contributed by atoms with Gasteiger partial charge in [0.1, 0.15) is 11.9 Å². The zero-order valence-electron chi connectivity index (χ0n) is 8.66. The van der Waals surface area contributed by atoms with E-state index in [4.69, 9.17) is 15.9 Å². The van der Waals surface area contributed by atoms with Crippen LogP contribution >= 0.6 is 11.8 Å². The highest BCUT2D eigenvalue weighted by molar-refractivity contribution is 7.99. The number of nitrogens with one attached hydrogen (secondary N) is 1. The number of morpholine rings is 1. The Bertz CT molecular complexity index is 189. The third kappa shape index (κ3) is 3.86. The minimum atomic E-state index is -0.185. The quantitative estimate of drug-likeness (QED) is 0.397. The molecule has 1 aliphatic heterocycles. The lowest BCUT2D eigenvalue weighted by atomic mass is 10.2. The normalized spacial score (nSPS) is 23.6. The molecule has 3 N–H and O–H groups in total. The monoisotopic (exact) mass is 217 g/mol. The lowest BCUT2D eigenvalue weighted by Gasteiger charge is -2.32. The topological polar surface area (TPSA) is 62.3 Å². The van der Waals surface area contributed by atoms with Gasteiger partial charge in [-0.25, -0.2) is 0 Å². The average Bonchev–Trinajstić information content (AvgIpc) is 2.19. The first-order valence-electron chi connectivity index (χ1n) is 4.99. The molecule has 1 aliphatic rings. The fourth-order valence-corrected chi connectivity index (χ4v) is 2.11. The van der Waals surface area contributed by atoms with Crippen LogP contribution in [0.2, 0.25) is 0 Å². The van der Waals surface area contributed by atoms with Gasteiger partial charge in [-0.1, -0.05) is 6.92 Å². The summed E-state index contributed by atoms with van der Waals surface area (Å²) < 4.78 is 5.38. The lowest BCUT2D eigenvalue weighted by molar-refractivity contribution is 0.00830. The van der Waals surface area contributed by atoms with Crippen LogP contribution in [0, 0.1) is 5.41 Å². The molecule has 0 amide bonds. The molecule has 0 bridgehead atoms. The SMILES string of the molecule is CCSCCN1CCOC(C(=N)N)C1. The van der Waals surface area contributed by atoms with Crippen molar-refractivity contribution in [2.75, 3.05) is 37.7 Å². The van der Waals surface area contributed by atoms with Crippen molar-refractivity contribution in [2.24, 2.45) is 5.73 Å². The first-order valence-corrected chi connectivity index (χ1v) is 6.15. The zero-order chi connectivity index (χ0) is 10.4. The third-order valence-electron chi connectivity index (χ3n) is 2.25. The summed E-state index contributed by atoms with van der Waals surface area (Å²) >= 11 is 1.94. The number of ether oxygens (including phenoxy) is 1. The fraction of sp³-hybridized carbons (Fsp3) is 0.889. The van der Waals surface area contributed by atoms with E-state index in [0.29, 0.717) is 6.61 Å². The second-order valence-electron chi connectivity index (χ2n) is 3.31. The van der Waals surface area contributed by atoms with Gasteiger partial charge in [-0.2, -0.15) is 11.8 Å². The maximum atomic E-state index is 7.31. The van der Waals surface area contributed by atoms with Crippen LogP contribution in [-0.2, 0) is 4.74 Å². The summed E-state index contributed by atoms with van der Waals surface area (Å²) in [5.41, 5.74) is 5.41. The Balaban J connectivity index is 2.22. The summed E-state index contributed by atoms with van der Waals surface area (Å²) in [5, 5.41) is 7.31. The van der Waals surface area contributed by atoms with Crippen LogP contribution in [0.4, 0.5) is 0 Å². The molecule has 1 saturated heterocycles. The van der Waals surface area contributed by atoms with Gasteiger partial charge in [-0.05, 0) is 5.75 Å². The second-order valence-corrected chi connectivity index (χ2v) is 4.71. The fourth-order valence-electron chi connectivity index (χ4n) is 1.43. The van der Waals surface area contributed by atoms with E-state index in [1.165, 1.54) is 5.75 Å². The van der Waals surface area contributed by atoms with E-state index in [2.05, 4.69) is 11.8 Å². The van der Waals surface area contributed by atoms with Crippen molar-refractivity contribution in [1.29, 1.82) is 5.41 Å². The molecule has 0 saturated carbocycles. The molecule has 1 unspecified atom stereocenters. The van der Waals surface area contributed by atoms with Crippen LogP contribution in [0.1, 0.15) is 6.92 Å². The molecule has 1 fully saturated rings. The zero-order valence-corrected chi connectivity index (χ0v) is 9.48. The Morgan fingerprint density at radius 2 is 2.50 bits per heavy atom. The minimum Gasteiger partial charge on any atom is -0.385 e. The highest BCUT2D eigenvalue weighted by atomic mass is 32.2. The van der Waals surface area contributed by atoms with Gasteiger partial charge in [0.25, 0.3) is 0 Å². The molecule has 0 spiro atoms. The van der Waals surface area contributed by atoms with E-state index < -0.39 is 0 Å². The molecule has 0 aromatic carbocycles. The molecule has 0 aromatic heterocycles. The van der Waals surface area contributed by atoms with Crippen molar-refractivity contribution in [3.63, 3.8) is 0 Å². The lowest BCUT2D eigenvalue weighted by Crippen LogP contribution is -2.48. The number of hydrogen-bond acceptors (Lipinski definition) is 4. The molecular weight excluding hydrogens is 198 g/mol. The first kappa shape index (κ1) is 11.8. The number of thioether (sulfide) groups is 1. The van der Waals surface area contributed by atoms with Crippen molar-refractivity contribution in [1.82, 2.24) is 4.90 Å². The predicted molar refractivity (Wildman–Crippen MR) is 61.1 cm³/mol. The van der Waals surface area contributed by atoms with Crippen molar-refractivity contribution < 1.29 is 4.74 Å². The molecule has 0 radical (unpaired) electrons. The standard InChI is InChI=1S/C9H19N3OS/c1-2-14-6-4-12-3-5-13-8(7-12)9(10)11/h8H,2-7H2,1H3,(H3,10,11). The second kappa shape index (κ2) is 6.27. The predicted octanol–water partition coefficient (Wildman–Crippen LogP) is 0.376. The molecule has 14 heavy (non-hydrogen) atoms. The van der Waals surface area contributed by atoms with E-state index in [1.807, 2.05) is 11.8 Å². The van der Waals surface area contributed by atoms with Gasteiger partial charge in [0.05, 0.1) is 6.61 Å². The van der Waals surface area contributed by atoms with E-state index in [1.54, 1.807) is 0 Å². The molecule has 5 heteroatoms. The van der Waals surface area contributed by atoms with Gasteiger partial charge in [0.2, 0.25) is 0 Å². The Kier molecular flexibility index (Phi) is 5.29. The number of rotatable bonds is 5. The van der Waals surface area contributed by atoms with Crippen molar-refractivity contribution in [3.05, 3.63) is 0 Å². The van der Waals surface area contributed by atoms with Crippen LogP contribution < -0.4 is 5.73 Å². The average molecular weight is 217 g/mol. The largest absolute Gasteiger partial charge is 0.385 e. The Hall–Kier alpha value is -0.260. The van der Waals surface area contributed by atoms with Gasteiger partial charge >= 0.3 is 0 Å². The Morgan fingerprint density at radius 3 is 3.14 bits per heavy atom. The number of hydrogen-bond donors (Lipinski definition) is 2. The number of amidine groups is 1. The van der Waals surface area contributed by atoms with Crippen LogP contribution in [0.3, 0.4) is 0 Å². The van der Waals surface area contributed by atoms with Crippen molar-refractivity contribution in [2.45, 2.75) is 13.0 Å². The van der Waals surface area contributed by atoms with Gasteiger partial charge in [-0.3, -0.25) is 10.3 Å². The van der Waals surface area contributed by atoms with E-state index >= 15 is 0 Å². The molecule has 0 aliphatic carbocycles. The summed E-state index contributed by atoms with van der Waals surface area (Å²) in [5.74, 6) is 2.47. The third-order valence-corrected chi connectivity index (χ3v) is 3.13. The summed E-state index contributed by atoms with van der Waals surface area (Å²) in [4.78, 5) is 2.32. The summed E-state index contributed by atoms with van der Waals surface area (Å²) in [6.07, 6.45) is -0.185. The molecule has 4 nitrogen and oxygen atoms in total. The minimum absolute atomic E-state index is 0.151. The maximum Gasteiger partial charge on any atom is 0.127 e. The molecule has 1 atom stereocenters. The number of nitrogens with two attached hydrogens (primary N) is 1. The summed E-state index contributed by atoms with van der Waals surface area (Å²) in [7, 11) is 0. The smallest absolute Gasteiger partial charge is 0.127 e. The summed E-state index contributed by atoms with van der Waals surface area (Å²) in [6.45, 7) is 5.68. The van der Waals surface area contributed by atoms with Crippen LogP contribution in [0.5, 0.6) is 0 Å². The molecule has 82 valence electrons. The van der Waals surface area contributed by atoms with Gasteiger partial charge in [-0.15, -0.1) is 0 Å². The van der Waals surface area contributed by atoms with E-state index in [9.17, 15) is 0 Å². The number of nitrogens with zero attached hydrogens (tertiary/aromatic N) is 1. The highest BCUT2D eigenvalue weighted by Crippen LogP contribution is 2.06. The van der Waals surface area contributed by atoms with Crippen LogP contribution in [0.15, 0.2) is 0 Å². The van der Waals surface area contributed by atoms with Crippen LogP contribution in [-0.4, -0.2) is 54.6 Å². The van der Waals surface area contributed by atoms with Crippen molar-refractivity contribution in [3.8, 4) is 0 Å². The maximum absolute atomic E-state index is 7.31. The van der Waals surface area contributed by atoms with Gasteiger partial charge < -0.3 is 10.5 Å². The van der Waals surface area contributed by atoms with Crippen LogP contribution in [0.25, 0.3) is 0 Å². The Morgan fingerprint density at radius 1 is 1.71 bits per heavy atom. The van der Waals surface area contributed by atoms with E-state index in [-0.39, 0.29) is 11.9 Å². The first-order chi connectivity index (χ1) is 6.74. The van der Waals surface area contributed by atoms with E-state index in [0.717, 1.165) is 25.4 Å². The Labute approximate surface area is 89.7 Å². The molecule has 0 aromatic rings. The molecule has 1 rings (SSSR count). The van der Waals surface area contributed by atoms with Gasteiger partial charge in [0, 0.05) is 25.4 Å². The highest BCUT2D eigenvalue weighted by Gasteiger charge is 2.21. The van der Waals surface area contributed by atoms with Crippen molar-refractivity contribution >= 4 is 17.6 Å². The molecular formula is C9H19N3OS. The van der Waals surface area contributed by atoms with Gasteiger partial charge in [0.15, 0.2) is 0 Å². The summed E-state index contributed by atoms with van der Waals surface area (Å²) in [6, 6.07) is 0.